The van der Waals surface area contributed by atoms with Gasteiger partial charge in [0, 0.05) is 9.79 Å². The summed E-state index contributed by atoms with van der Waals surface area (Å²) in [5.41, 5.74) is 0. The average Bonchev–Trinajstić information content (AvgIpc) is 2.37. The standard InChI is InChI=1S/C12H4Cl6S2/c13-5-1-9(17)11(3-7(5)15)19-20-12-4-8(16)6(14)2-10(12)18/h1-4H. The molecule has 0 saturated heterocycles. The minimum absolute atomic E-state index is 0.415. The lowest BCUT2D eigenvalue weighted by Crippen LogP contribution is -1.77. The first-order chi connectivity index (χ1) is 9.38. The zero-order valence-corrected chi connectivity index (χ0v) is 15.6. The van der Waals surface area contributed by atoms with Crippen molar-refractivity contribution in [1.29, 1.82) is 0 Å². The Balaban J connectivity index is 2.21. The second-order valence-corrected chi connectivity index (χ2v) is 8.22. The van der Waals surface area contributed by atoms with Crippen LogP contribution in [0.2, 0.25) is 30.1 Å². The molecule has 0 radical (unpaired) electrons. The summed E-state index contributed by atoms with van der Waals surface area (Å²) in [5.74, 6) is 0. The molecular weight excluding hydrogens is 421 g/mol. The van der Waals surface area contributed by atoms with Gasteiger partial charge in [-0.15, -0.1) is 0 Å². The number of benzene rings is 2. The van der Waals surface area contributed by atoms with Gasteiger partial charge in [0.2, 0.25) is 0 Å². The third-order valence-electron chi connectivity index (χ3n) is 2.17. The maximum absolute atomic E-state index is 6.11. The summed E-state index contributed by atoms with van der Waals surface area (Å²) in [4.78, 5) is 1.57. The van der Waals surface area contributed by atoms with E-state index in [-0.39, 0.29) is 0 Å². The van der Waals surface area contributed by atoms with Crippen LogP contribution in [0.5, 0.6) is 0 Å². The molecule has 2 aromatic rings. The van der Waals surface area contributed by atoms with Gasteiger partial charge < -0.3 is 0 Å². The summed E-state index contributed by atoms with van der Waals surface area (Å²) in [6.45, 7) is 0. The Morgan fingerprint density at radius 1 is 0.450 bits per heavy atom. The summed E-state index contributed by atoms with van der Waals surface area (Å²) >= 11 is 35.9. The molecule has 0 saturated carbocycles. The van der Waals surface area contributed by atoms with Crippen molar-refractivity contribution in [3.8, 4) is 0 Å². The Bertz CT molecular complexity index is 601. The van der Waals surface area contributed by atoms with E-state index < -0.39 is 0 Å². The first-order valence-corrected chi connectivity index (χ1v) is 9.44. The van der Waals surface area contributed by atoms with E-state index in [1.165, 1.54) is 21.6 Å². The molecule has 0 amide bonds. The van der Waals surface area contributed by atoms with Gasteiger partial charge in [-0.2, -0.15) is 0 Å². The Morgan fingerprint density at radius 2 is 0.750 bits per heavy atom. The predicted molar refractivity (Wildman–Crippen MR) is 94.7 cm³/mol. The molecule has 0 spiro atoms. The smallest absolute Gasteiger partial charge is 0.0607 e. The molecule has 0 fully saturated rings. The van der Waals surface area contributed by atoms with Gasteiger partial charge in [0.25, 0.3) is 0 Å². The molecule has 0 aliphatic heterocycles. The van der Waals surface area contributed by atoms with E-state index in [2.05, 4.69) is 0 Å². The van der Waals surface area contributed by atoms with Crippen molar-refractivity contribution in [1.82, 2.24) is 0 Å². The van der Waals surface area contributed by atoms with E-state index in [0.717, 1.165) is 9.79 Å². The zero-order chi connectivity index (χ0) is 14.9. The molecule has 0 bridgehead atoms. The molecule has 0 unspecified atom stereocenters. The van der Waals surface area contributed by atoms with E-state index in [4.69, 9.17) is 69.6 Å². The molecule has 0 heterocycles. The highest BCUT2D eigenvalue weighted by Gasteiger charge is 2.11. The van der Waals surface area contributed by atoms with Crippen LogP contribution in [0.4, 0.5) is 0 Å². The molecule has 106 valence electrons. The first kappa shape index (κ1) is 17.2. The lowest BCUT2D eigenvalue weighted by molar-refractivity contribution is 1.46. The quantitative estimate of drug-likeness (QED) is 0.358. The second-order valence-electron chi connectivity index (χ2n) is 3.56. The maximum Gasteiger partial charge on any atom is 0.0607 e. The van der Waals surface area contributed by atoms with Crippen molar-refractivity contribution < 1.29 is 0 Å². The van der Waals surface area contributed by atoms with E-state index in [0.29, 0.717) is 30.1 Å². The van der Waals surface area contributed by atoms with E-state index >= 15 is 0 Å². The topological polar surface area (TPSA) is 0 Å². The number of rotatable bonds is 3. The summed E-state index contributed by atoms with van der Waals surface area (Å²) < 4.78 is 0. The third kappa shape index (κ3) is 4.21. The second kappa shape index (κ2) is 7.43. The van der Waals surface area contributed by atoms with E-state index in [1.54, 1.807) is 24.3 Å². The number of hydrogen-bond donors (Lipinski definition) is 0. The summed E-state index contributed by atoms with van der Waals surface area (Å²) in [6, 6.07) is 6.61. The highest BCUT2D eigenvalue weighted by Crippen LogP contribution is 2.46. The molecular formula is C12H4Cl6S2. The van der Waals surface area contributed by atoms with Crippen LogP contribution in [0.3, 0.4) is 0 Å². The van der Waals surface area contributed by atoms with Crippen LogP contribution >= 0.6 is 91.2 Å². The van der Waals surface area contributed by atoms with Gasteiger partial charge in [-0.05, 0) is 24.3 Å². The van der Waals surface area contributed by atoms with Gasteiger partial charge in [-0.1, -0.05) is 91.2 Å². The fourth-order valence-corrected chi connectivity index (χ4v) is 5.11. The lowest BCUT2D eigenvalue weighted by Gasteiger charge is -2.08. The Morgan fingerprint density at radius 3 is 1.10 bits per heavy atom. The molecule has 0 aliphatic rings. The van der Waals surface area contributed by atoms with Crippen molar-refractivity contribution in [2.75, 3.05) is 0 Å². The zero-order valence-electron chi connectivity index (χ0n) is 9.39. The summed E-state index contributed by atoms with van der Waals surface area (Å²) in [7, 11) is 2.81. The Kier molecular flexibility index (Phi) is 6.40. The minimum atomic E-state index is 0.415. The van der Waals surface area contributed by atoms with Crippen LogP contribution in [0.25, 0.3) is 0 Å². The average molecular weight is 425 g/mol. The van der Waals surface area contributed by atoms with Crippen molar-refractivity contribution in [3.05, 3.63) is 54.4 Å². The van der Waals surface area contributed by atoms with Crippen LogP contribution in [0.1, 0.15) is 0 Å². The molecule has 0 nitrogen and oxygen atoms in total. The number of hydrogen-bond acceptors (Lipinski definition) is 2. The molecule has 0 aromatic heterocycles. The fraction of sp³-hybridized carbons (Fsp3) is 0. The summed E-state index contributed by atoms with van der Waals surface area (Å²) in [5, 5.41) is 2.76. The first-order valence-electron chi connectivity index (χ1n) is 5.02. The molecule has 0 N–H and O–H groups in total. The maximum atomic E-state index is 6.11. The SMILES string of the molecule is Clc1cc(Cl)c(SSc2cc(Cl)c(Cl)cc2Cl)cc1Cl. The van der Waals surface area contributed by atoms with Crippen molar-refractivity contribution in [2.45, 2.75) is 9.79 Å². The van der Waals surface area contributed by atoms with Crippen LogP contribution in [0, 0.1) is 0 Å². The molecule has 20 heavy (non-hydrogen) atoms. The van der Waals surface area contributed by atoms with Crippen LogP contribution < -0.4 is 0 Å². The lowest BCUT2D eigenvalue weighted by atomic mass is 10.4. The van der Waals surface area contributed by atoms with E-state index in [1.807, 2.05) is 0 Å². The van der Waals surface area contributed by atoms with Gasteiger partial charge in [-0.25, -0.2) is 0 Å². The third-order valence-corrected chi connectivity index (χ3v) is 6.91. The normalized spacial score (nSPS) is 10.9. The van der Waals surface area contributed by atoms with Crippen LogP contribution in [0.15, 0.2) is 34.1 Å². The predicted octanol–water partition coefficient (Wildman–Crippen LogP) is 8.41. The minimum Gasteiger partial charge on any atom is -0.0830 e. The molecule has 8 heteroatoms. The van der Waals surface area contributed by atoms with Gasteiger partial charge in [0.05, 0.1) is 30.1 Å². The fourth-order valence-electron chi connectivity index (χ4n) is 1.23. The monoisotopic (exact) mass is 422 g/mol. The van der Waals surface area contributed by atoms with Gasteiger partial charge in [0.1, 0.15) is 0 Å². The van der Waals surface area contributed by atoms with Gasteiger partial charge >= 0.3 is 0 Å². The highest BCUT2D eigenvalue weighted by molar-refractivity contribution is 8.76. The van der Waals surface area contributed by atoms with Crippen molar-refractivity contribution >= 4 is 91.2 Å². The van der Waals surface area contributed by atoms with Crippen LogP contribution in [-0.4, -0.2) is 0 Å². The Hall–Kier alpha value is 0.880. The molecule has 2 aromatic carbocycles. The van der Waals surface area contributed by atoms with Crippen molar-refractivity contribution in [3.63, 3.8) is 0 Å². The van der Waals surface area contributed by atoms with Crippen LogP contribution in [-0.2, 0) is 0 Å². The molecule has 0 aliphatic carbocycles. The summed E-state index contributed by atoms with van der Waals surface area (Å²) in [6.07, 6.45) is 0. The van der Waals surface area contributed by atoms with Gasteiger partial charge in [-0.3, -0.25) is 0 Å². The van der Waals surface area contributed by atoms with E-state index in [9.17, 15) is 0 Å². The number of halogens is 6. The highest BCUT2D eigenvalue weighted by atomic mass is 35.5. The molecule has 0 atom stereocenters. The van der Waals surface area contributed by atoms with Gasteiger partial charge in [0.15, 0.2) is 0 Å². The molecule has 2 rings (SSSR count). The van der Waals surface area contributed by atoms with Crippen molar-refractivity contribution in [2.24, 2.45) is 0 Å². The Labute approximate surface area is 154 Å². The largest absolute Gasteiger partial charge is 0.0830 e.